The van der Waals surface area contributed by atoms with E-state index in [1.54, 1.807) is 0 Å². The molecule has 0 aliphatic carbocycles. The lowest BCUT2D eigenvalue weighted by atomic mass is 10.2. The fourth-order valence-electron chi connectivity index (χ4n) is 0.751. The Balaban J connectivity index is 4.30. The van der Waals surface area contributed by atoms with E-state index >= 15 is 0 Å². The van der Waals surface area contributed by atoms with E-state index in [1.165, 1.54) is 13.8 Å². The number of hydrogen-bond donors (Lipinski definition) is 1. The van der Waals surface area contributed by atoms with Gasteiger partial charge in [-0.15, -0.1) is 0 Å². The molecule has 0 aromatic carbocycles. The molecule has 0 atom stereocenters. The Hall–Kier alpha value is -1.09. The maximum absolute atomic E-state index is 11.5. The van der Waals surface area contributed by atoms with Gasteiger partial charge >= 0.3 is 0 Å². The highest BCUT2D eigenvalue weighted by Gasteiger charge is 2.37. The van der Waals surface area contributed by atoms with Gasteiger partial charge in [-0.25, -0.2) is 8.42 Å². The second-order valence-corrected chi connectivity index (χ2v) is 6.36. The summed E-state index contributed by atoms with van der Waals surface area (Å²) in [6, 6.07) is 1.94. The number of nitrogens with zero attached hydrogens (tertiary/aromatic N) is 1. The van der Waals surface area contributed by atoms with Crippen LogP contribution in [0, 0.1) is 11.3 Å². The lowest BCUT2D eigenvalue weighted by Gasteiger charge is -2.21. The molecular formula is C9H16N2O3S. The van der Waals surface area contributed by atoms with Crippen molar-refractivity contribution in [2.75, 3.05) is 12.8 Å². The van der Waals surface area contributed by atoms with Crippen LogP contribution in [-0.4, -0.2) is 31.9 Å². The molecule has 6 heteroatoms. The minimum Gasteiger partial charge on any atom is -0.355 e. The minimum absolute atomic E-state index is 0.325. The van der Waals surface area contributed by atoms with E-state index in [4.69, 9.17) is 5.26 Å². The van der Waals surface area contributed by atoms with Crippen molar-refractivity contribution in [3.05, 3.63) is 0 Å². The minimum atomic E-state index is -3.42. The lowest BCUT2D eigenvalue weighted by Crippen LogP contribution is -2.47. The fraction of sp³-hybridized carbons (Fsp3) is 0.778. The molecule has 1 amide bonds. The van der Waals surface area contributed by atoms with Gasteiger partial charge < -0.3 is 5.32 Å². The predicted octanol–water partition coefficient (Wildman–Crippen LogP) is 0.230. The maximum atomic E-state index is 11.5. The van der Waals surface area contributed by atoms with Crippen LogP contribution in [0.1, 0.15) is 26.7 Å². The van der Waals surface area contributed by atoms with Crippen LogP contribution in [-0.2, 0) is 14.6 Å². The second-order valence-electron chi connectivity index (χ2n) is 3.80. The summed E-state index contributed by atoms with van der Waals surface area (Å²) in [6.45, 7) is 3.05. The van der Waals surface area contributed by atoms with Crippen LogP contribution < -0.4 is 5.32 Å². The molecule has 0 aliphatic heterocycles. The third-order valence-electron chi connectivity index (χ3n) is 2.22. The van der Waals surface area contributed by atoms with Crippen molar-refractivity contribution < 1.29 is 13.2 Å². The number of nitrogens with one attached hydrogen (secondary N) is 1. The van der Waals surface area contributed by atoms with Gasteiger partial charge in [-0.05, 0) is 20.3 Å². The zero-order chi connectivity index (χ0) is 12.1. The van der Waals surface area contributed by atoms with E-state index in [9.17, 15) is 13.2 Å². The first-order valence-electron chi connectivity index (χ1n) is 4.58. The molecule has 0 saturated heterocycles. The van der Waals surface area contributed by atoms with Gasteiger partial charge in [-0.2, -0.15) is 5.26 Å². The van der Waals surface area contributed by atoms with Crippen LogP contribution >= 0.6 is 0 Å². The van der Waals surface area contributed by atoms with E-state index < -0.39 is 20.5 Å². The summed E-state index contributed by atoms with van der Waals surface area (Å²) in [6.07, 6.45) is 1.91. The van der Waals surface area contributed by atoms with Crippen LogP contribution in [0.5, 0.6) is 0 Å². The summed E-state index contributed by atoms with van der Waals surface area (Å²) in [5, 5.41) is 10.8. The number of sulfone groups is 1. The molecule has 5 nitrogen and oxygen atoms in total. The number of unbranched alkanes of at least 4 members (excludes halogenated alkanes) is 1. The molecule has 0 radical (unpaired) electrons. The molecule has 0 rings (SSSR count). The second kappa shape index (κ2) is 5.12. The Kier molecular flexibility index (Phi) is 4.75. The summed E-state index contributed by atoms with van der Waals surface area (Å²) in [4.78, 5) is 11.5. The summed E-state index contributed by atoms with van der Waals surface area (Å²) in [7, 11) is -3.42. The highest BCUT2D eigenvalue weighted by molar-refractivity contribution is 7.92. The number of amides is 1. The van der Waals surface area contributed by atoms with Crippen molar-refractivity contribution >= 4 is 15.7 Å². The Bertz CT molecular complexity index is 365. The van der Waals surface area contributed by atoms with Crippen molar-refractivity contribution in [2.24, 2.45) is 0 Å². The smallest absolute Gasteiger partial charge is 0.240 e. The molecule has 0 heterocycles. The average molecular weight is 232 g/mol. The molecule has 15 heavy (non-hydrogen) atoms. The summed E-state index contributed by atoms with van der Waals surface area (Å²) in [5.74, 6) is -0.525. The van der Waals surface area contributed by atoms with Crippen molar-refractivity contribution in [1.82, 2.24) is 5.32 Å². The largest absolute Gasteiger partial charge is 0.355 e. The summed E-state index contributed by atoms with van der Waals surface area (Å²) < 4.78 is 21.1. The van der Waals surface area contributed by atoms with Crippen LogP contribution in [0.2, 0.25) is 0 Å². The first-order chi connectivity index (χ1) is 6.73. The number of carbonyl (C=O) groups is 1. The van der Waals surface area contributed by atoms with E-state index in [0.29, 0.717) is 19.4 Å². The molecule has 0 saturated carbocycles. The first-order valence-corrected chi connectivity index (χ1v) is 6.47. The average Bonchev–Trinajstić information content (AvgIpc) is 2.10. The third-order valence-corrected chi connectivity index (χ3v) is 4.26. The molecule has 1 N–H and O–H groups in total. The molecule has 0 fully saturated rings. The van der Waals surface area contributed by atoms with Gasteiger partial charge in [-0.3, -0.25) is 4.79 Å². The monoisotopic (exact) mass is 232 g/mol. The van der Waals surface area contributed by atoms with Gasteiger partial charge in [0.2, 0.25) is 5.91 Å². The SMILES string of the molecule is CC(C)(C(=O)NCCCC#N)S(C)(=O)=O. The number of rotatable bonds is 5. The standard InChI is InChI=1S/C9H16N2O3S/c1-9(2,15(3,13)14)8(12)11-7-5-4-6-10/h4-5,7H2,1-3H3,(H,11,12). The fourth-order valence-corrected chi connectivity index (χ4v) is 1.16. The van der Waals surface area contributed by atoms with Gasteiger partial charge in [0, 0.05) is 19.2 Å². The molecule has 86 valence electrons. The molecular weight excluding hydrogens is 216 g/mol. The van der Waals surface area contributed by atoms with Crippen LogP contribution in [0.4, 0.5) is 0 Å². The Morgan fingerprint density at radius 1 is 1.47 bits per heavy atom. The number of hydrogen-bond acceptors (Lipinski definition) is 4. The van der Waals surface area contributed by atoms with Gasteiger partial charge in [0.1, 0.15) is 4.75 Å². The van der Waals surface area contributed by atoms with Crippen molar-refractivity contribution in [2.45, 2.75) is 31.4 Å². The highest BCUT2D eigenvalue weighted by atomic mass is 32.2. The summed E-state index contributed by atoms with van der Waals surface area (Å²) in [5.41, 5.74) is 0. The van der Waals surface area contributed by atoms with E-state index in [0.717, 1.165) is 6.26 Å². The van der Waals surface area contributed by atoms with Crippen molar-refractivity contribution in [1.29, 1.82) is 5.26 Å². The normalized spacial score (nSPS) is 11.9. The number of nitriles is 1. The van der Waals surface area contributed by atoms with Gasteiger partial charge in [0.15, 0.2) is 9.84 Å². The molecule has 0 bridgehead atoms. The number of carbonyl (C=O) groups excluding carboxylic acids is 1. The zero-order valence-electron chi connectivity index (χ0n) is 9.20. The van der Waals surface area contributed by atoms with Crippen molar-refractivity contribution in [3.8, 4) is 6.07 Å². The molecule has 0 unspecified atom stereocenters. The predicted molar refractivity (Wildman–Crippen MR) is 56.8 cm³/mol. The molecule has 0 aromatic rings. The van der Waals surface area contributed by atoms with Crippen LogP contribution in [0.3, 0.4) is 0 Å². The highest BCUT2D eigenvalue weighted by Crippen LogP contribution is 2.14. The maximum Gasteiger partial charge on any atom is 0.240 e. The van der Waals surface area contributed by atoms with Crippen molar-refractivity contribution in [3.63, 3.8) is 0 Å². The van der Waals surface area contributed by atoms with Gasteiger partial charge in [0.05, 0.1) is 6.07 Å². The first kappa shape index (κ1) is 13.9. The van der Waals surface area contributed by atoms with E-state index in [1.807, 2.05) is 6.07 Å². The molecule has 0 aromatic heterocycles. The van der Waals surface area contributed by atoms with E-state index in [-0.39, 0.29) is 0 Å². The van der Waals surface area contributed by atoms with Crippen LogP contribution in [0.25, 0.3) is 0 Å². The quantitative estimate of drug-likeness (QED) is 0.687. The van der Waals surface area contributed by atoms with Gasteiger partial charge in [-0.1, -0.05) is 0 Å². The van der Waals surface area contributed by atoms with Gasteiger partial charge in [0.25, 0.3) is 0 Å². The topological polar surface area (TPSA) is 87.0 Å². The molecule has 0 aliphatic rings. The van der Waals surface area contributed by atoms with Crippen LogP contribution in [0.15, 0.2) is 0 Å². The summed E-state index contributed by atoms with van der Waals surface area (Å²) >= 11 is 0. The Morgan fingerprint density at radius 3 is 2.40 bits per heavy atom. The third kappa shape index (κ3) is 3.88. The van der Waals surface area contributed by atoms with E-state index in [2.05, 4.69) is 5.32 Å². The Labute approximate surface area is 90.4 Å². The molecule has 0 spiro atoms. The lowest BCUT2D eigenvalue weighted by molar-refractivity contribution is -0.122. The zero-order valence-corrected chi connectivity index (χ0v) is 10.0. The Morgan fingerprint density at radius 2 is 2.00 bits per heavy atom.